The number of carbonyl (C=O) groups excluding carboxylic acids is 2. The molecule has 1 amide bonds. The highest BCUT2D eigenvalue weighted by atomic mass is 16.7. The van der Waals surface area contributed by atoms with E-state index in [1.54, 1.807) is 36.4 Å². The first-order valence-corrected chi connectivity index (χ1v) is 9.66. The lowest BCUT2D eigenvalue weighted by Crippen LogP contribution is -2.30. The summed E-state index contributed by atoms with van der Waals surface area (Å²) in [5.41, 5.74) is 2.58. The van der Waals surface area contributed by atoms with Crippen molar-refractivity contribution in [2.45, 2.75) is 6.54 Å². The Kier molecular flexibility index (Phi) is 5.77. The fraction of sp³-hybridized carbons (Fsp3) is 0.167. The van der Waals surface area contributed by atoms with Crippen LogP contribution in [0.4, 0.5) is 5.69 Å². The smallest absolute Gasteiger partial charge is 0.238 e. The molecule has 30 heavy (non-hydrogen) atoms. The number of amides is 1. The van der Waals surface area contributed by atoms with Gasteiger partial charge in [-0.25, -0.2) is 0 Å². The van der Waals surface area contributed by atoms with Crippen molar-refractivity contribution in [3.63, 3.8) is 0 Å². The molecule has 6 heteroatoms. The lowest BCUT2D eigenvalue weighted by atomic mass is 10.0. The van der Waals surface area contributed by atoms with Crippen LogP contribution >= 0.6 is 0 Å². The number of nitrogens with one attached hydrogen (secondary N) is 1. The summed E-state index contributed by atoms with van der Waals surface area (Å²) >= 11 is 0. The van der Waals surface area contributed by atoms with E-state index < -0.39 is 0 Å². The summed E-state index contributed by atoms with van der Waals surface area (Å²) in [5, 5.41) is 2.87. The van der Waals surface area contributed by atoms with Gasteiger partial charge in [-0.05, 0) is 36.9 Å². The van der Waals surface area contributed by atoms with Gasteiger partial charge in [0.25, 0.3) is 0 Å². The van der Waals surface area contributed by atoms with Gasteiger partial charge in [0.1, 0.15) is 0 Å². The van der Waals surface area contributed by atoms with Crippen molar-refractivity contribution in [3.05, 3.63) is 89.5 Å². The van der Waals surface area contributed by atoms with Crippen LogP contribution in [0.1, 0.15) is 21.5 Å². The van der Waals surface area contributed by atoms with Gasteiger partial charge in [0.2, 0.25) is 12.7 Å². The van der Waals surface area contributed by atoms with Gasteiger partial charge in [-0.3, -0.25) is 14.5 Å². The Balaban J connectivity index is 1.40. The van der Waals surface area contributed by atoms with Gasteiger partial charge in [-0.1, -0.05) is 48.5 Å². The molecule has 0 unspecified atom stereocenters. The van der Waals surface area contributed by atoms with Crippen molar-refractivity contribution in [3.8, 4) is 11.5 Å². The number of likely N-dealkylation sites (N-methyl/N-ethyl adjacent to an activating group) is 1. The molecule has 6 nitrogen and oxygen atoms in total. The van der Waals surface area contributed by atoms with E-state index >= 15 is 0 Å². The lowest BCUT2D eigenvalue weighted by Gasteiger charge is -2.17. The van der Waals surface area contributed by atoms with E-state index in [0.29, 0.717) is 23.4 Å². The molecule has 0 fully saturated rings. The van der Waals surface area contributed by atoms with Crippen LogP contribution in [0.3, 0.4) is 0 Å². The van der Waals surface area contributed by atoms with Crippen LogP contribution in [0.15, 0.2) is 72.8 Å². The van der Waals surface area contributed by atoms with E-state index in [2.05, 4.69) is 5.32 Å². The number of rotatable bonds is 7. The van der Waals surface area contributed by atoms with Crippen LogP contribution in [0, 0.1) is 0 Å². The number of nitrogens with zero attached hydrogens (tertiary/aromatic N) is 1. The molecule has 0 aliphatic carbocycles. The topological polar surface area (TPSA) is 67.9 Å². The highest BCUT2D eigenvalue weighted by molar-refractivity contribution is 6.13. The average Bonchev–Trinajstić information content (AvgIpc) is 3.22. The van der Waals surface area contributed by atoms with E-state index in [9.17, 15) is 9.59 Å². The van der Waals surface area contributed by atoms with Crippen LogP contribution < -0.4 is 14.8 Å². The molecular weight excluding hydrogens is 380 g/mol. The number of ether oxygens (including phenoxy) is 2. The van der Waals surface area contributed by atoms with Crippen LogP contribution in [-0.4, -0.2) is 37.0 Å². The third kappa shape index (κ3) is 4.50. The van der Waals surface area contributed by atoms with Crippen molar-refractivity contribution < 1.29 is 19.1 Å². The molecule has 0 bridgehead atoms. The lowest BCUT2D eigenvalue weighted by molar-refractivity contribution is -0.117. The number of hydrogen-bond acceptors (Lipinski definition) is 5. The van der Waals surface area contributed by atoms with Crippen molar-refractivity contribution in [1.82, 2.24) is 4.90 Å². The molecule has 152 valence electrons. The molecule has 0 aromatic heterocycles. The second kappa shape index (κ2) is 8.80. The zero-order chi connectivity index (χ0) is 20.9. The Morgan fingerprint density at radius 1 is 0.933 bits per heavy atom. The summed E-state index contributed by atoms with van der Waals surface area (Å²) < 4.78 is 10.7. The Morgan fingerprint density at radius 3 is 2.50 bits per heavy atom. The zero-order valence-electron chi connectivity index (χ0n) is 16.6. The SMILES string of the molecule is CN(CC(=O)Nc1ccccc1C(=O)c1ccccc1)Cc1ccc2c(c1)OCO2. The van der Waals surface area contributed by atoms with E-state index in [4.69, 9.17) is 9.47 Å². The normalized spacial score (nSPS) is 12.1. The summed E-state index contributed by atoms with van der Waals surface area (Å²) in [6.07, 6.45) is 0. The second-order valence-corrected chi connectivity index (χ2v) is 7.15. The first-order chi connectivity index (χ1) is 14.6. The molecule has 1 aliphatic heterocycles. The average molecular weight is 402 g/mol. The number of para-hydroxylation sites is 1. The molecular formula is C24H22N2O4. The Morgan fingerprint density at radius 2 is 1.67 bits per heavy atom. The fourth-order valence-corrected chi connectivity index (χ4v) is 3.38. The number of fused-ring (bicyclic) bond motifs is 1. The molecule has 0 saturated heterocycles. The third-order valence-corrected chi connectivity index (χ3v) is 4.78. The summed E-state index contributed by atoms with van der Waals surface area (Å²) in [7, 11) is 1.87. The molecule has 4 rings (SSSR count). The van der Waals surface area contributed by atoms with Crippen molar-refractivity contribution in [2.24, 2.45) is 0 Å². The molecule has 1 N–H and O–H groups in total. The summed E-state index contributed by atoms with van der Waals surface area (Å²) in [4.78, 5) is 27.3. The van der Waals surface area contributed by atoms with Gasteiger partial charge < -0.3 is 14.8 Å². The zero-order valence-corrected chi connectivity index (χ0v) is 16.6. The standard InChI is InChI=1S/C24H22N2O4/c1-26(14-17-11-12-21-22(13-17)30-16-29-21)15-23(27)25-20-10-6-5-9-19(20)24(28)18-7-3-2-4-8-18/h2-13H,14-16H2,1H3,(H,25,27). The molecule has 0 saturated carbocycles. The second-order valence-electron chi connectivity index (χ2n) is 7.15. The van der Waals surface area contributed by atoms with E-state index in [1.807, 2.05) is 48.3 Å². The highest BCUT2D eigenvalue weighted by Crippen LogP contribution is 2.32. The highest BCUT2D eigenvalue weighted by Gasteiger charge is 2.17. The summed E-state index contributed by atoms with van der Waals surface area (Å²) in [5.74, 6) is 1.14. The summed E-state index contributed by atoms with van der Waals surface area (Å²) in [6, 6.07) is 21.8. The Labute approximate surface area is 175 Å². The molecule has 0 atom stereocenters. The van der Waals surface area contributed by atoms with Crippen LogP contribution in [0.25, 0.3) is 0 Å². The fourth-order valence-electron chi connectivity index (χ4n) is 3.38. The predicted molar refractivity (Wildman–Crippen MR) is 114 cm³/mol. The maximum Gasteiger partial charge on any atom is 0.238 e. The Hall–Kier alpha value is -3.64. The van der Waals surface area contributed by atoms with Crippen LogP contribution in [-0.2, 0) is 11.3 Å². The van der Waals surface area contributed by atoms with Crippen molar-refractivity contribution >= 4 is 17.4 Å². The number of hydrogen-bond donors (Lipinski definition) is 1. The van der Waals surface area contributed by atoms with Gasteiger partial charge in [0.05, 0.1) is 12.2 Å². The largest absolute Gasteiger partial charge is 0.454 e. The quantitative estimate of drug-likeness (QED) is 0.610. The molecule has 1 heterocycles. The van der Waals surface area contributed by atoms with E-state index in [1.165, 1.54) is 0 Å². The number of carbonyl (C=O) groups is 2. The number of ketones is 1. The van der Waals surface area contributed by atoms with Crippen LogP contribution in [0.5, 0.6) is 11.5 Å². The maximum absolute atomic E-state index is 12.8. The van der Waals surface area contributed by atoms with Crippen LogP contribution in [0.2, 0.25) is 0 Å². The first-order valence-electron chi connectivity index (χ1n) is 9.66. The van der Waals surface area contributed by atoms with E-state index in [-0.39, 0.29) is 25.0 Å². The molecule has 1 aliphatic rings. The van der Waals surface area contributed by atoms with Gasteiger partial charge in [0, 0.05) is 17.7 Å². The van der Waals surface area contributed by atoms with E-state index in [0.717, 1.165) is 17.1 Å². The van der Waals surface area contributed by atoms with Gasteiger partial charge >= 0.3 is 0 Å². The molecule has 3 aromatic rings. The number of benzene rings is 3. The van der Waals surface area contributed by atoms with Gasteiger partial charge in [-0.2, -0.15) is 0 Å². The minimum atomic E-state index is -0.188. The third-order valence-electron chi connectivity index (χ3n) is 4.78. The molecule has 3 aromatic carbocycles. The summed E-state index contributed by atoms with van der Waals surface area (Å²) in [6.45, 7) is 0.995. The predicted octanol–water partition coefficient (Wildman–Crippen LogP) is 3.72. The minimum Gasteiger partial charge on any atom is -0.454 e. The first kappa shape index (κ1) is 19.7. The Bertz CT molecular complexity index is 1070. The molecule has 0 spiro atoms. The number of anilines is 1. The van der Waals surface area contributed by atoms with Gasteiger partial charge in [0.15, 0.2) is 17.3 Å². The minimum absolute atomic E-state index is 0.125. The van der Waals surface area contributed by atoms with Crippen molar-refractivity contribution in [2.75, 3.05) is 25.7 Å². The maximum atomic E-state index is 12.8. The van der Waals surface area contributed by atoms with Gasteiger partial charge in [-0.15, -0.1) is 0 Å². The monoisotopic (exact) mass is 402 g/mol. The van der Waals surface area contributed by atoms with Crippen molar-refractivity contribution in [1.29, 1.82) is 0 Å². The molecule has 0 radical (unpaired) electrons.